The van der Waals surface area contributed by atoms with Crippen LogP contribution in [0.1, 0.15) is 52.7 Å². The maximum absolute atomic E-state index is 13.4. The topological polar surface area (TPSA) is 43.5 Å². The van der Waals surface area contributed by atoms with Crippen LogP contribution in [0.4, 0.5) is 11.4 Å². The number of hydrogen-bond acceptors (Lipinski definition) is 3. The number of anilines is 1. The molecule has 4 nitrogen and oxygen atoms in total. The van der Waals surface area contributed by atoms with Gasteiger partial charge in [0.05, 0.1) is 16.6 Å². The van der Waals surface area contributed by atoms with E-state index in [1.807, 2.05) is 12.2 Å². The molecule has 0 saturated carbocycles. The predicted molar refractivity (Wildman–Crippen MR) is 164 cm³/mol. The van der Waals surface area contributed by atoms with Gasteiger partial charge in [-0.3, -0.25) is 4.79 Å². The first-order chi connectivity index (χ1) is 16.9. The fraction of sp³-hybridized carbons (Fsp3) is 0.333. The SMILES string of the molecule is CCN1/C(=C/C2=C(O)C(=C\C3=[N+](CC)c4ccc(I)cc4C3(C)C)/C2=O)C(C)(C)c2cc(I)ccc21. The van der Waals surface area contributed by atoms with E-state index in [4.69, 9.17) is 0 Å². The van der Waals surface area contributed by atoms with E-state index in [0.29, 0.717) is 11.1 Å². The Balaban J connectivity index is 1.58. The molecule has 0 bridgehead atoms. The smallest absolute Gasteiger partial charge is 0.209 e. The molecule has 1 aliphatic carbocycles. The lowest BCUT2D eigenvalue weighted by molar-refractivity contribution is -0.433. The molecule has 2 aromatic carbocycles. The number of likely N-dealkylation sites (N-methyl/N-ethyl adjacent to an activating group) is 1. The summed E-state index contributed by atoms with van der Waals surface area (Å²) in [6, 6.07) is 13.0. The number of Topliss-reactive ketones (excluding diaryl/α,β-unsaturated/α-hetero) is 1. The van der Waals surface area contributed by atoms with Crippen molar-refractivity contribution in [2.24, 2.45) is 0 Å². The highest BCUT2D eigenvalue weighted by Gasteiger charge is 2.47. The zero-order valence-corrected chi connectivity index (χ0v) is 25.9. The first-order valence-electron chi connectivity index (χ1n) is 12.4. The van der Waals surface area contributed by atoms with Gasteiger partial charge in [0, 0.05) is 48.2 Å². The molecule has 0 aromatic heterocycles. The Bertz CT molecular complexity index is 1460. The van der Waals surface area contributed by atoms with Crippen LogP contribution in [0.5, 0.6) is 0 Å². The van der Waals surface area contributed by atoms with Crippen LogP contribution < -0.4 is 4.90 Å². The zero-order valence-electron chi connectivity index (χ0n) is 21.5. The Morgan fingerprint density at radius 1 is 0.944 bits per heavy atom. The van der Waals surface area contributed by atoms with Gasteiger partial charge in [0.2, 0.25) is 11.5 Å². The van der Waals surface area contributed by atoms with Gasteiger partial charge in [-0.1, -0.05) is 13.8 Å². The number of aliphatic hydroxyl groups excluding tert-OH is 1. The fourth-order valence-electron chi connectivity index (χ4n) is 5.88. The van der Waals surface area contributed by atoms with Gasteiger partial charge in [-0.15, -0.1) is 0 Å². The van der Waals surface area contributed by atoms with Crippen molar-refractivity contribution in [3.05, 3.63) is 89.4 Å². The molecular formula is C30H31I2N2O2+. The van der Waals surface area contributed by atoms with Crippen LogP contribution in [-0.2, 0) is 15.6 Å². The number of halogens is 2. The van der Waals surface area contributed by atoms with Crippen LogP contribution in [0.15, 0.2) is 71.2 Å². The van der Waals surface area contributed by atoms with Crippen LogP contribution in [0.3, 0.4) is 0 Å². The van der Waals surface area contributed by atoms with Crippen molar-refractivity contribution in [2.75, 3.05) is 18.0 Å². The Morgan fingerprint density at radius 2 is 1.58 bits per heavy atom. The molecule has 1 N–H and O–H groups in total. The monoisotopic (exact) mass is 705 g/mol. The van der Waals surface area contributed by atoms with Crippen molar-refractivity contribution in [1.82, 2.24) is 0 Å². The van der Waals surface area contributed by atoms with Crippen LogP contribution >= 0.6 is 45.2 Å². The van der Waals surface area contributed by atoms with Gasteiger partial charge in [0.15, 0.2) is 5.71 Å². The number of ketones is 1. The molecule has 3 aliphatic rings. The summed E-state index contributed by atoms with van der Waals surface area (Å²) < 4.78 is 4.64. The van der Waals surface area contributed by atoms with Crippen molar-refractivity contribution < 1.29 is 14.5 Å². The molecule has 0 saturated heterocycles. The Labute approximate surface area is 240 Å². The minimum atomic E-state index is -0.264. The van der Waals surface area contributed by atoms with Gasteiger partial charge < -0.3 is 10.0 Å². The highest BCUT2D eigenvalue weighted by molar-refractivity contribution is 14.1. The summed E-state index contributed by atoms with van der Waals surface area (Å²) in [5.41, 5.74) is 7.20. The summed E-state index contributed by atoms with van der Waals surface area (Å²) in [6.07, 6.45) is 3.81. The standard InChI is InChI=1S/C30H30I2N2O2/c1-7-33-23-11-9-17(31)13-21(23)29(3,4)25(33)15-19-27(35)20(28(19)36)16-26-30(5,6)22-14-18(32)10-12-24(22)34(26)8-2/h9-16H,7-8H2,1-6H3/p+1. The molecule has 0 spiro atoms. The molecule has 2 heterocycles. The Hall–Kier alpha value is -1.94. The lowest BCUT2D eigenvalue weighted by atomic mass is 9.77. The number of allylic oxidation sites excluding steroid dienone is 5. The van der Waals surface area contributed by atoms with Gasteiger partial charge >= 0.3 is 0 Å². The van der Waals surface area contributed by atoms with E-state index < -0.39 is 0 Å². The summed E-state index contributed by atoms with van der Waals surface area (Å²) in [7, 11) is 0. The molecule has 0 amide bonds. The summed E-state index contributed by atoms with van der Waals surface area (Å²) in [4.78, 5) is 15.7. The van der Waals surface area contributed by atoms with E-state index in [2.05, 4.69) is 133 Å². The fourth-order valence-corrected chi connectivity index (χ4v) is 6.86. The first kappa shape index (κ1) is 25.7. The molecule has 0 unspecified atom stereocenters. The second kappa shape index (κ2) is 8.82. The quantitative estimate of drug-likeness (QED) is 0.206. The summed E-state index contributed by atoms with van der Waals surface area (Å²) >= 11 is 4.69. The number of nitrogens with zero attached hydrogens (tertiary/aromatic N) is 2. The normalized spacial score (nSPS) is 22.0. The number of carbonyl (C=O) groups is 1. The highest BCUT2D eigenvalue weighted by atomic mass is 127. The number of carbonyl (C=O) groups excluding carboxylic acids is 1. The van der Waals surface area contributed by atoms with Crippen LogP contribution in [0.25, 0.3) is 0 Å². The van der Waals surface area contributed by atoms with Crippen molar-refractivity contribution >= 4 is 68.1 Å². The largest absolute Gasteiger partial charge is 0.506 e. The summed E-state index contributed by atoms with van der Waals surface area (Å²) in [5.74, 6) is -0.00272. The molecule has 36 heavy (non-hydrogen) atoms. The van der Waals surface area contributed by atoms with Gasteiger partial charge in [-0.2, -0.15) is 4.58 Å². The Morgan fingerprint density at radius 3 is 2.19 bits per heavy atom. The molecule has 2 aliphatic heterocycles. The molecular weight excluding hydrogens is 674 g/mol. The third kappa shape index (κ3) is 3.65. The number of hydrogen-bond donors (Lipinski definition) is 1. The molecule has 0 radical (unpaired) electrons. The minimum absolute atomic E-state index is 0.0924. The van der Waals surface area contributed by atoms with Crippen molar-refractivity contribution in [3.8, 4) is 0 Å². The lowest BCUT2D eigenvalue weighted by Crippen LogP contribution is -2.32. The molecule has 0 fully saturated rings. The number of rotatable bonds is 4. The second-order valence-electron chi connectivity index (χ2n) is 10.6. The summed E-state index contributed by atoms with van der Waals surface area (Å²) in [6.45, 7) is 14.6. The van der Waals surface area contributed by atoms with Crippen LogP contribution in [0.2, 0.25) is 0 Å². The van der Waals surface area contributed by atoms with Crippen LogP contribution in [0, 0.1) is 7.14 Å². The summed E-state index contributed by atoms with van der Waals surface area (Å²) in [5, 5.41) is 11.1. The van der Waals surface area contributed by atoms with Crippen LogP contribution in [-0.4, -0.2) is 34.3 Å². The lowest BCUT2D eigenvalue weighted by Gasteiger charge is -2.28. The number of benzene rings is 2. The van der Waals surface area contributed by atoms with E-state index in [-0.39, 0.29) is 22.4 Å². The Kier molecular flexibility index (Phi) is 6.30. The van der Waals surface area contributed by atoms with E-state index in [1.165, 1.54) is 29.6 Å². The molecule has 6 heteroatoms. The highest BCUT2D eigenvalue weighted by Crippen LogP contribution is 2.49. The average molecular weight is 705 g/mol. The van der Waals surface area contributed by atoms with Crippen molar-refractivity contribution in [2.45, 2.75) is 52.4 Å². The van der Waals surface area contributed by atoms with Gasteiger partial charge in [0.1, 0.15) is 12.3 Å². The third-order valence-electron chi connectivity index (χ3n) is 7.90. The van der Waals surface area contributed by atoms with Crippen molar-refractivity contribution in [1.29, 1.82) is 0 Å². The van der Waals surface area contributed by atoms with Crippen molar-refractivity contribution in [3.63, 3.8) is 0 Å². The third-order valence-corrected chi connectivity index (χ3v) is 9.24. The van der Waals surface area contributed by atoms with E-state index in [1.54, 1.807) is 0 Å². The second-order valence-corrected chi connectivity index (χ2v) is 13.1. The minimum Gasteiger partial charge on any atom is -0.506 e. The van der Waals surface area contributed by atoms with E-state index in [0.717, 1.165) is 24.5 Å². The molecule has 5 rings (SSSR count). The average Bonchev–Trinajstić information content (AvgIpc) is 3.18. The van der Waals surface area contributed by atoms with Gasteiger partial charge in [0.25, 0.3) is 0 Å². The predicted octanol–water partition coefficient (Wildman–Crippen LogP) is 7.31. The first-order valence-corrected chi connectivity index (χ1v) is 14.5. The van der Waals surface area contributed by atoms with Gasteiger partial charge in [-0.25, -0.2) is 0 Å². The number of fused-ring (bicyclic) bond motifs is 2. The molecule has 186 valence electrons. The van der Waals surface area contributed by atoms with Gasteiger partial charge in [-0.05, 0) is 115 Å². The number of aliphatic hydroxyl groups is 1. The van der Waals surface area contributed by atoms with E-state index in [9.17, 15) is 9.90 Å². The zero-order chi connectivity index (χ0) is 26.2. The molecule has 0 atom stereocenters. The molecule has 2 aromatic rings. The van der Waals surface area contributed by atoms with E-state index >= 15 is 0 Å². The maximum Gasteiger partial charge on any atom is 0.209 e. The maximum atomic E-state index is 13.4.